The van der Waals surface area contributed by atoms with Crippen LogP contribution in [0.25, 0.3) is 77.1 Å². The second-order valence-corrected chi connectivity index (χ2v) is 16.6. The van der Waals surface area contributed by atoms with Gasteiger partial charge in [-0.3, -0.25) is 9.97 Å². The van der Waals surface area contributed by atoms with Crippen molar-refractivity contribution in [2.45, 2.75) is 24.7 Å². The van der Waals surface area contributed by atoms with E-state index >= 15 is 0 Å². The number of hydrogen-bond acceptors (Lipinski definition) is 2. The maximum Gasteiger partial charge on any atom is 0.0714 e. The van der Waals surface area contributed by atoms with Crippen molar-refractivity contribution in [1.29, 1.82) is 0 Å². The van der Waals surface area contributed by atoms with Crippen molar-refractivity contribution in [2.75, 3.05) is 0 Å². The number of rotatable bonds is 4. The minimum Gasteiger partial charge on any atom is -0.256 e. The molecule has 0 N–H and O–H groups in total. The summed E-state index contributed by atoms with van der Waals surface area (Å²) >= 11 is 0. The maximum absolute atomic E-state index is 4.87. The highest BCUT2D eigenvalue weighted by molar-refractivity contribution is 6.01. The molecular formula is C56H38N2. The monoisotopic (exact) mass is 738 g/mol. The van der Waals surface area contributed by atoms with Crippen LogP contribution in [0.5, 0.6) is 0 Å². The Morgan fingerprint density at radius 2 is 0.862 bits per heavy atom. The van der Waals surface area contributed by atoms with E-state index in [-0.39, 0.29) is 5.41 Å². The van der Waals surface area contributed by atoms with Gasteiger partial charge in [-0.05, 0) is 126 Å². The van der Waals surface area contributed by atoms with Crippen LogP contribution >= 0.6 is 0 Å². The first-order valence-electron chi connectivity index (χ1n) is 20.2. The summed E-state index contributed by atoms with van der Waals surface area (Å²) in [5.74, 6) is 0. The highest BCUT2D eigenvalue weighted by Gasteiger charge is 2.48. The summed E-state index contributed by atoms with van der Waals surface area (Å²) in [5.41, 5.74) is 19.1. The van der Waals surface area contributed by atoms with Crippen molar-refractivity contribution in [1.82, 2.24) is 9.97 Å². The van der Waals surface area contributed by atoms with Gasteiger partial charge in [-0.15, -0.1) is 0 Å². The van der Waals surface area contributed by atoms with Crippen molar-refractivity contribution in [3.63, 3.8) is 0 Å². The van der Waals surface area contributed by atoms with E-state index in [0.717, 1.165) is 32.9 Å². The van der Waals surface area contributed by atoms with E-state index in [0.29, 0.717) is 0 Å². The molecule has 58 heavy (non-hydrogen) atoms. The Labute approximate surface area is 338 Å². The van der Waals surface area contributed by atoms with Crippen LogP contribution in [0.4, 0.5) is 0 Å². The summed E-state index contributed by atoms with van der Waals surface area (Å²) in [6.07, 6.45) is 4.03. The van der Waals surface area contributed by atoms with Crippen molar-refractivity contribution in [3.8, 4) is 44.5 Å². The first kappa shape index (κ1) is 33.0. The fourth-order valence-electron chi connectivity index (χ4n) is 10.5. The van der Waals surface area contributed by atoms with Gasteiger partial charge in [0.05, 0.1) is 16.4 Å². The smallest absolute Gasteiger partial charge is 0.0714 e. The van der Waals surface area contributed by atoms with Crippen LogP contribution in [0.3, 0.4) is 0 Å². The van der Waals surface area contributed by atoms with Crippen molar-refractivity contribution in [3.05, 3.63) is 228 Å². The average molecular weight is 739 g/mol. The first-order valence-corrected chi connectivity index (χ1v) is 20.2. The van der Waals surface area contributed by atoms with Gasteiger partial charge in [0, 0.05) is 39.7 Å². The third-order valence-corrected chi connectivity index (χ3v) is 13.1. The topological polar surface area (TPSA) is 25.8 Å². The summed E-state index contributed by atoms with van der Waals surface area (Å²) in [7, 11) is 0. The van der Waals surface area contributed by atoms with Crippen LogP contribution in [0, 0.1) is 0 Å². The third kappa shape index (κ3) is 4.60. The maximum atomic E-state index is 4.87. The normalized spacial score (nSPS) is 14.3. The van der Waals surface area contributed by atoms with Gasteiger partial charge in [0.15, 0.2) is 0 Å². The Bertz CT molecular complexity index is 3270. The molecule has 8 aromatic carbocycles. The van der Waals surface area contributed by atoms with E-state index < -0.39 is 5.41 Å². The summed E-state index contributed by atoms with van der Waals surface area (Å²) < 4.78 is 0. The van der Waals surface area contributed by atoms with Crippen molar-refractivity contribution >= 4 is 32.6 Å². The lowest BCUT2D eigenvalue weighted by atomic mass is 9.67. The van der Waals surface area contributed by atoms with Crippen LogP contribution in [-0.4, -0.2) is 9.97 Å². The summed E-state index contributed by atoms with van der Waals surface area (Å²) in [6.45, 7) is 4.83. The number of hydrogen-bond donors (Lipinski definition) is 0. The molecule has 0 radical (unpaired) electrons. The molecule has 0 spiro atoms. The van der Waals surface area contributed by atoms with Gasteiger partial charge in [-0.1, -0.05) is 147 Å². The summed E-state index contributed by atoms with van der Waals surface area (Å²) in [6, 6.07) is 67.4. The minimum absolute atomic E-state index is 0.215. The lowest BCUT2D eigenvalue weighted by Gasteiger charge is -2.34. The molecule has 0 fully saturated rings. The minimum atomic E-state index is -0.533. The molecule has 2 heteroatoms. The second-order valence-electron chi connectivity index (χ2n) is 16.6. The fraction of sp³-hybridized carbons (Fsp3) is 0.0714. The molecule has 0 amide bonds. The van der Waals surface area contributed by atoms with Gasteiger partial charge < -0.3 is 0 Å². The number of benzene rings is 8. The number of para-hydroxylation sites is 2. The molecular weight excluding hydrogens is 701 g/mol. The van der Waals surface area contributed by atoms with Gasteiger partial charge >= 0.3 is 0 Å². The van der Waals surface area contributed by atoms with E-state index in [2.05, 4.69) is 190 Å². The third-order valence-electron chi connectivity index (χ3n) is 13.1. The Morgan fingerprint density at radius 3 is 1.52 bits per heavy atom. The lowest BCUT2D eigenvalue weighted by molar-refractivity contribution is 0.666. The molecule has 2 aliphatic carbocycles. The van der Waals surface area contributed by atoms with E-state index in [1.165, 1.54) is 77.5 Å². The number of nitrogens with zero attached hydrogens (tertiary/aromatic N) is 2. The molecule has 0 bridgehead atoms. The Kier molecular flexibility index (Phi) is 6.93. The lowest BCUT2D eigenvalue weighted by Crippen LogP contribution is -2.28. The van der Waals surface area contributed by atoms with E-state index in [1.54, 1.807) is 0 Å². The molecule has 0 aliphatic heterocycles. The Balaban J connectivity index is 1.08. The number of fused-ring (bicyclic) bond motifs is 10. The molecule has 2 heterocycles. The molecule has 2 nitrogen and oxygen atoms in total. The van der Waals surface area contributed by atoms with Gasteiger partial charge in [0.25, 0.3) is 0 Å². The number of pyridine rings is 2. The zero-order valence-corrected chi connectivity index (χ0v) is 32.4. The standard InChI is InChI=1S/C56H38N2/c1-55(2)49-31-47-45-25-22-36(41-29-39-14-10-12-20-53(39)58-34-41)30-50(45)56(42-15-5-3-6-16-42,43-17-7-4-8-18-43)51(47)32-48(49)46-26-23-37-27-35(21-24-44(37)54(46)55)40-28-38-13-9-11-19-52(38)57-33-40/h3-34H,1-2H3. The SMILES string of the molecule is CC1(C)c2cc3c(cc2-c2ccc4cc(-c5cnc6ccccc6c5)ccc4c21)C(c1ccccc1)(c1ccccc1)c1cc(-c2cnc4ccccc4c2)ccc1-3. The second kappa shape index (κ2) is 12.2. The van der Waals surface area contributed by atoms with Crippen LogP contribution in [-0.2, 0) is 10.8 Å². The van der Waals surface area contributed by atoms with Crippen molar-refractivity contribution in [2.24, 2.45) is 0 Å². The largest absolute Gasteiger partial charge is 0.256 e. The van der Waals surface area contributed by atoms with E-state index in [4.69, 9.17) is 9.97 Å². The molecule has 0 atom stereocenters. The zero-order chi connectivity index (χ0) is 38.6. The molecule has 0 saturated carbocycles. The molecule has 10 aromatic rings. The predicted molar refractivity (Wildman–Crippen MR) is 240 cm³/mol. The quantitative estimate of drug-likeness (QED) is 0.180. The van der Waals surface area contributed by atoms with Crippen LogP contribution in [0.2, 0.25) is 0 Å². The van der Waals surface area contributed by atoms with Gasteiger partial charge in [0.2, 0.25) is 0 Å². The molecule has 0 saturated heterocycles. The highest BCUT2D eigenvalue weighted by atomic mass is 14.7. The molecule has 2 aliphatic rings. The van der Waals surface area contributed by atoms with E-state index in [1.807, 2.05) is 18.5 Å². The zero-order valence-electron chi connectivity index (χ0n) is 32.4. The van der Waals surface area contributed by atoms with Crippen LogP contribution < -0.4 is 0 Å². The highest BCUT2D eigenvalue weighted by Crippen LogP contribution is 2.61. The molecule has 272 valence electrons. The van der Waals surface area contributed by atoms with Crippen molar-refractivity contribution < 1.29 is 0 Å². The summed E-state index contributed by atoms with van der Waals surface area (Å²) in [5, 5.41) is 4.86. The Morgan fingerprint density at radius 1 is 0.362 bits per heavy atom. The molecule has 0 unspecified atom stereocenters. The molecule has 2 aromatic heterocycles. The summed E-state index contributed by atoms with van der Waals surface area (Å²) in [4.78, 5) is 9.65. The van der Waals surface area contributed by atoms with Gasteiger partial charge in [-0.2, -0.15) is 0 Å². The average Bonchev–Trinajstić information content (AvgIpc) is 3.70. The van der Waals surface area contributed by atoms with E-state index in [9.17, 15) is 0 Å². The first-order chi connectivity index (χ1) is 28.5. The fourth-order valence-corrected chi connectivity index (χ4v) is 10.5. The van der Waals surface area contributed by atoms with Gasteiger partial charge in [-0.25, -0.2) is 0 Å². The van der Waals surface area contributed by atoms with Gasteiger partial charge in [0.1, 0.15) is 0 Å². The Hall–Kier alpha value is -7.16. The van der Waals surface area contributed by atoms with Crippen LogP contribution in [0.15, 0.2) is 194 Å². The number of aromatic nitrogens is 2. The predicted octanol–water partition coefficient (Wildman–Crippen LogP) is 13.9. The molecule has 12 rings (SSSR count). The van der Waals surface area contributed by atoms with Crippen LogP contribution in [0.1, 0.15) is 47.2 Å².